The molecule has 9 nitrogen and oxygen atoms in total. The van der Waals surface area contributed by atoms with Crippen LogP contribution in [0.25, 0.3) is 33.5 Å². The van der Waals surface area contributed by atoms with Crippen molar-refractivity contribution in [1.82, 2.24) is 9.66 Å². The maximum absolute atomic E-state index is 14.2. The Balaban J connectivity index is 1.48. The van der Waals surface area contributed by atoms with E-state index in [2.05, 4.69) is 26.0 Å². The molecule has 0 saturated carbocycles. The molecule has 4 aromatic carbocycles. The lowest BCUT2D eigenvalue weighted by molar-refractivity contribution is -0.386. The number of fused-ring (bicyclic) bond motifs is 2. The Morgan fingerprint density at radius 2 is 1.85 bits per heavy atom. The highest BCUT2D eigenvalue weighted by Crippen LogP contribution is 2.32. The lowest BCUT2D eigenvalue weighted by Gasteiger charge is -2.11. The molecule has 202 valence electrons. The molecule has 0 aliphatic rings. The van der Waals surface area contributed by atoms with Gasteiger partial charge in [0.05, 0.1) is 22.0 Å². The SMILES string of the molecule is O=c1c2ccccc2nc(-c2cc3cc(Br)ccc3o2)n1N=Cc1cccc([N+](=O)[O-])c1OCc1ccccc1F. The molecule has 0 N–H and O–H groups in total. The summed E-state index contributed by atoms with van der Waals surface area (Å²) in [6, 6.07) is 24.3. The Morgan fingerprint density at radius 1 is 1.05 bits per heavy atom. The van der Waals surface area contributed by atoms with Crippen molar-refractivity contribution in [2.24, 2.45) is 5.10 Å². The van der Waals surface area contributed by atoms with Crippen molar-refractivity contribution in [1.29, 1.82) is 0 Å². The summed E-state index contributed by atoms with van der Waals surface area (Å²) < 4.78 is 27.9. The van der Waals surface area contributed by atoms with Crippen LogP contribution < -0.4 is 10.3 Å². The zero-order valence-corrected chi connectivity index (χ0v) is 22.6. The van der Waals surface area contributed by atoms with Crippen molar-refractivity contribution in [3.8, 4) is 17.3 Å². The van der Waals surface area contributed by atoms with E-state index in [1.165, 1.54) is 36.5 Å². The van der Waals surface area contributed by atoms with E-state index in [1.807, 2.05) is 12.1 Å². The van der Waals surface area contributed by atoms with Crippen LogP contribution in [0, 0.1) is 15.9 Å². The van der Waals surface area contributed by atoms with E-state index < -0.39 is 16.3 Å². The van der Waals surface area contributed by atoms with E-state index in [-0.39, 0.29) is 35.0 Å². The summed E-state index contributed by atoms with van der Waals surface area (Å²) in [4.78, 5) is 29.5. The molecule has 0 unspecified atom stereocenters. The van der Waals surface area contributed by atoms with Crippen LogP contribution in [0.2, 0.25) is 0 Å². The average Bonchev–Trinajstić information content (AvgIpc) is 3.39. The molecule has 11 heteroatoms. The monoisotopic (exact) mass is 612 g/mol. The van der Waals surface area contributed by atoms with Gasteiger partial charge in [-0.1, -0.05) is 52.3 Å². The second-order valence-electron chi connectivity index (χ2n) is 8.94. The molecule has 0 atom stereocenters. The van der Waals surface area contributed by atoms with Crippen LogP contribution in [0.3, 0.4) is 0 Å². The van der Waals surface area contributed by atoms with Gasteiger partial charge in [0.25, 0.3) is 5.56 Å². The van der Waals surface area contributed by atoms with Gasteiger partial charge in [0, 0.05) is 27.1 Å². The standard InChI is InChI=1S/C30H18BrFN4O5/c31-21-12-13-26-20(14-21)15-27(41-26)29-34-24-10-4-2-8-22(24)30(37)35(29)33-16-18-7-5-11-25(36(38)39)28(18)40-17-19-6-1-3-9-23(19)32/h1-16H,17H2. The number of hydrogen-bond acceptors (Lipinski definition) is 7. The average molecular weight is 613 g/mol. The van der Waals surface area contributed by atoms with Gasteiger partial charge in [0.15, 0.2) is 5.76 Å². The predicted octanol–water partition coefficient (Wildman–Crippen LogP) is 7.08. The van der Waals surface area contributed by atoms with Gasteiger partial charge in [-0.2, -0.15) is 9.78 Å². The van der Waals surface area contributed by atoms with Gasteiger partial charge in [-0.25, -0.2) is 9.37 Å². The van der Waals surface area contributed by atoms with Crippen molar-refractivity contribution in [2.75, 3.05) is 0 Å². The maximum atomic E-state index is 14.2. The Hall–Kier alpha value is -5.16. The second-order valence-corrected chi connectivity index (χ2v) is 9.86. The quantitative estimate of drug-likeness (QED) is 0.108. The first kappa shape index (κ1) is 26.1. The lowest BCUT2D eigenvalue weighted by Crippen LogP contribution is -2.20. The van der Waals surface area contributed by atoms with Gasteiger partial charge >= 0.3 is 5.69 Å². The molecule has 0 aliphatic carbocycles. The van der Waals surface area contributed by atoms with Gasteiger partial charge in [-0.15, -0.1) is 0 Å². The minimum absolute atomic E-state index is 0.124. The Kier molecular flexibility index (Phi) is 6.86. The highest BCUT2D eigenvalue weighted by atomic mass is 79.9. The van der Waals surface area contributed by atoms with Gasteiger partial charge in [-0.3, -0.25) is 14.9 Å². The molecular formula is C30H18BrFN4O5. The van der Waals surface area contributed by atoms with Crippen molar-refractivity contribution in [3.63, 3.8) is 0 Å². The van der Waals surface area contributed by atoms with Crippen LogP contribution in [0.15, 0.2) is 110 Å². The first-order valence-electron chi connectivity index (χ1n) is 12.3. The number of para-hydroxylation sites is 2. The van der Waals surface area contributed by atoms with Crippen LogP contribution in [0.4, 0.5) is 10.1 Å². The molecule has 2 aromatic heterocycles. The van der Waals surface area contributed by atoms with E-state index in [9.17, 15) is 19.3 Å². The van der Waals surface area contributed by atoms with Crippen molar-refractivity contribution >= 4 is 49.7 Å². The molecule has 0 amide bonds. The number of nitro benzene ring substituents is 1. The van der Waals surface area contributed by atoms with E-state index in [1.54, 1.807) is 48.5 Å². The van der Waals surface area contributed by atoms with Gasteiger partial charge in [0.1, 0.15) is 18.0 Å². The summed E-state index contributed by atoms with van der Waals surface area (Å²) in [5, 5.41) is 17.3. The second kappa shape index (κ2) is 10.8. The number of benzene rings is 4. The Morgan fingerprint density at radius 3 is 2.68 bits per heavy atom. The van der Waals surface area contributed by atoms with Crippen LogP contribution >= 0.6 is 15.9 Å². The molecule has 0 radical (unpaired) electrons. The zero-order chi connectivity index (χ0) is 28.5. The number of furan rings is 1. The molecule has 41 heavy (non-hydrogen) atoms. The zero-order valence-electron chi connectivity index (χ0n) is 21.0. The highest BCUT2D eigenvalue weighted by molar-refractivity contribution is 9.10. The molecule has 6 aromatic rings. The first-order valence-corrected chi connectivity index (χ1v) is 13.1. The summed E-state index contributed by atoms with van der Waals surface area (Å²) in [6.07, 6.45) is 1.27. The Bertz CT molecular complexity index is 2050. The van der Waals surface area contributed by atoms with Crippen LogP contribution in [-0.2, 0) is 6.61 Å². The van der Waals surface area contributed by atoms with E-state index in [0.29, 0.717) is 22.2 Å². The third kappa shape index (κ3) is 5.10. The number of hydrogen-bond donors (Lipinski definition) is 0. The molecule has 0 saturated heterocycles. The van der Waals surface area contributed by atoms with Crippen molar-refractivity contribution < 1.29 is 18.5 Å². The van der Waals surface area contributed by atoms with Crippen molar-refractivity contribution in [3.05, 3.63) is 133 Å². The number of ether oxygens (including phenoxy) is 1. The molecule has 0 aliphatic heterocycles. The number of halogens is 2. The largest absolute Gasteiger partial charge is 0.481 e. The topological polar surface area (TPSA) is 113 Å². The first-order chi connectivity index (χ1) is 19.9. The fourth-order valence-corrected chi connectivity index (χ4v) is 4.72. The summed E-state index contributed by atoms with van der Waals surface area (Å²) in [6.45, 7) is -0.254. The number of aromatic nitrogens is 2. The number of nitro groups is 1. The summed E-state index contributed by atoms with van der Waals surface area (Å²) >= 11 is 3.44. The number of rotatable bonds is 7. The third-order valence-electron chi connectivity index (χ3n) is 6.32. The van der Waals surface area contributed by atoms with Crippen LogP contribution in [0.5, 0.6) is 5.75 Å². The van der Waals surface area contributed by atoms with Gasteiger partial charge in [0.2, 0.25) is 11.6 Å². The molecule has 0 spiro atoms. The highest BCUT2D eigenvalue weighted by Gasteiger charge is 2.20. The summed E-state index contributed by atoms with van der Waals surface area (Å²) in [5.74, 6) is -0.191. The van der Waals surface area contributed by atoms with E-state index in [0.717, 1.165) is 14.5 Å². The van der Waals surface area contributed by atoms with E-state index in [4.69, 9.17) is 9.15 Å². The third-order valence-corrected chi connectivity index (χ3v) is 6.81. The summed E-state index contributed by atoms with van der Waals surface area (Å²) in [5.41, 5.74) is 0.658. The molecule has 2 heterocycles. The molecule has 0 fully saturated rings. The smallest absolute Gasteiger partial charge is 0.311 e. The fourth-order valence-electron chi connectivity index (χ4n) is 4.34. The summed E-state index contributed by atoms with van der Waals surface area (Å²) in [7, 11) is 0. The minimum atomic E-state index is -0.601. The fraction of sp³-hybridized carbons (Fsp3) is 0.0333. The minimum Gasteiger partial charge on any atom is -0.481 e. The van der Waals surface area contributed by atoms with Gasteiger partial charge < -0.3 is 9.15 Å². The number of nitrogens with zero attached hydrogens (tertiary/aromatic N) is 4. The Labute approximate surface area is 239 Å². The van der Waals surface area contributed by atoms with Crippen molar-refractivity contribution in [2.45, 2.75) is 6.61 Å². The molecule has 6 rings (SSSR count). The molecule has 0 bridgehead atoms. The van der Waals surface area contributed by atoms with E-state index >= 15 is 0 Å². The van der Waals surface area contributed by atoms with Gasteiger partial charge in [-0.05, 0) is 48.5 Å². The lowest BCUT2D eigenvalue weighted by atomic mass is 10.2. The normalized spacial score (nSPS) is 11.5. The predicted molar refractivity (Wildman–Crippen MR) is 156 cm³/mol. The maximum Gasteiger partial charge on any atom is 0.311 e. The molecular weight excluding hydrogens is 595 g/mol. The van der Waals surface area contributed by atoms with Crippen LogP contribution in [0.1, 0.15) is 11.1 Å². The van der Waals surface area contributed by atoms with Crippen LogP contribution in [-0.4, -0.2) is 20.8 Å².